The van der Waals surface area contributed by atoms with Crippen molar-refractivity contribution in [3.8, 4) is 5.75 Å². The topological polar surface area (TPSA) is 34.1 Å². The number of pyridine rings is 1. The molecule has 22 heavy (non-hydrogen) atoms. The Labute approximate surface area is 134 Å². The van der Waals surface area contributed by atoms with E-state index in [2.05, 4.69) is 57.1 Å². The third kappa shape index (κ3) is 3.90. The van der Waals surface area contributed by atoms with Gasteiger partial charge in [0, 0.05) is 22.3 Å². The Morgan fingerprint density at radius 1 is 1.14 bits per heavy atom. The van der Waals surface area contributed by atoms with E-state index in [0.29, 0.717) is 0 Å². The molecule has 3 heteroatoms. The van der Waals surface area contributed by atoms with Crippen LogP contribution in [0.1, 0.15) is 46.7 Å². The number of aryl methyl sites for hydroxylation is 1. The number of aromatic nitrogens is 1. The second kappa shape index (κ2) is 5.79. The van der Waals surface area contributed by atoms with E-state index < -0.39 is 0 Å². The monoisotopic (exact) mass is 300 g/mol. The predicted molar refractivity (Wildman–Crippen MR) is 94.8 cm³/mol. The molecule has 1 aromatic heterocycles. The predicted octanol–water partition coefficient (Wildman–Crippen LogP) is 5.18. The van der Waals surface area contributed by atoms with Gasteiger partial charge in [0.05, 0.1) is 7.11 Å². The van der Waals surface area contributed by atoms with Gasteiger partial charge in [-0.15, -0.1) is 0 Å². The highest BCUT2D eigenvalue weighted by Crippen LogP contribution is 2.34. The number of hydrogen-bond acceptors (Lipinski definition) is 3. The molecule has 2 aromatic rings. The maximum Gasteiger partial charge on any atom is 0.145 e. The summed E-state index contributed by atoms with van der Waals surface area (Å²) in [6, 6.07) is 8.19. The number of ether oxygens (including phenoxy) is 1. The molecular formula is C19H28N2O. The summed E-state index contributed by atoms with van der Waals surface area (Å²) in [6.45, 7) is 13.3. The summed E-state index contributed by atoms with van der Waals surface area (Å²) >= 11 is 0. The highest BCUT2D eigenvalue weighted by Gasteiger charge is 2.26. The van der Waals surface area contributed by atoms with E-state index in [1.54, 1.807) is 7.11 Å². The number of nitrogens with zero attached hydrogens (tertiary/aromatic N) is 1. The molecule has 1 heterocycles. The van der Waals surface area contributed by atoms with E-state index in [0.717, 1.165) is 34.5 Å². The molecule has 120 valence electrons. The molecule has 0 saturated heterocycles. The highest BCUT2D eigenvalue weighted by atomic mass is 16.5. The average Bonchev–Trinajstić information content (AvgIpc) is 2.34. The average molecular weight is 300 g/mol. The number of fused-ring (bicyclic) bond motifs is 1. The van der Waals surface area contributed by atoms with Gasteiger partial charge in [-0.3, -0.25) is 0 Å². The number of rotatable bonds is 4. The number of anilines is 1. The first-order valence-corrected chi connectivity index (χ1v) is 7.84. The number of para-hydroxylation sites is 1. The molecule has 0 spiro atoms. The molecule has 3 nitrogen and oxygen atoms in total. The zero-order valence-electron chi connectivity index (χ0n) is 14.9. The van der Waals surface area contributed by atoms with Crippen LogP contribution in [0.15, 0.2) is 24.3 Å². The minimum Gasteiger partial charge on any atom is -0.494 e. The van der Waals surface area contributed by atoms with Gasteiger partial charge in [0.15, 0.2) is 0 Å². The summed E-state index contributed by atoms with van der Waals surface area (Å²) in [4.78, 5) is 4.65. The Balaban J connectivity index is 2.47. The van der Waals surface area contributed by atoms with E-state index in [9.17, 15) is 0 Å². The Morgan fingerprint density at radius 3 is 2.41 bits per heavy atom. The van der Waals surface area contributed by atoms with Gasteiger partial charge in [-0.25, -0.2) is 4.98 Å². The minimum atomic E-state index is 0.00203. The maximum absolute atomic E-state index is 5.46. The standard InChI is InChI=1S/C19H28N2O/c1-13-11-15(21-19(5,6)12-18(2,3)4)14-9-8-10-16(22-7)17(14)20-13/h8-11H,12H2,1-7H3,(H,20,21). The SMILES string of the molecule is COc1cccc2c(NC(C)(C)CC(C)(C)C)cc(C)nc12. The summed E-state index contributed by atoms with van der Waals surface area (Å²) in [6.07, 6.45) is 1.08. The maximum atomic E-state index is 5.46. The second-order valence-corrected chi connectivity index (χ2v) is 7.91. The summed E-state index contributed by atoms with van der Waals surface area (Å²) in [5.74, 6) is 0.817. The molecule has 0 amide bonds. The van der Waals surface area contributed by atoms with Crippen molar-refractivity contribution in [3.05, 3.63) is 30.0 Å². The first kappa shape index (κ1) is 16.6. The van der Waals surface area contributed by atoms with Crippen molar-refractivity contribution in [2.45, 2.75) is 53.5 Å². The fourth-order valence-electron chi connectivity index (χ4n) is 3.35. The van der Waals surface area contributed by atoms with Crippen molar-refractivity contribution < 1.29 is 4.74 Å². The largest absolute Gasteiger partial charge is 0.494 e. The molecule has 0 aliphatic carbocycles. The molecule has 0 radical (unpaired) electrons. The van der Waals surface area contributed by atoms with E-state index in [1.807, 2.05) is 19.1 Å². The first-order chi connectivity index (χ1) is 10.1. The van der Waals surface area contributed by atoms with Gasteiger partial charge < -0.3 is 10.1 Å². The van der Waals surface area contributed by atoms with Crippen LogP contribution in [0, 0.1) is 12.3 Å². The third-order valence-corrected chi connectivity index (χ3v) is 3.60. The fourth-order valence-corrected chi connectivity index (χ4v) is 3.35. The lowest BCUT2D eigenvalue weighted by Gasteiger charge is -2.34. The zero-order chi connectivity index (χ0) is 16.5. The van der Waals surface area contributed by atoms with E-state index in [1.165, 1.54) is 0 Å². The fraction of sp³-hybridized carbons (Fsp3) is 0.526. The van der Waals surface area contributed by atoms with Crippen LogP contribution in [0.3, 0.4) is 0 Å². The summed E-state index contributed by atoms with van der Waals surface area (Å²) in [5.41, 5.74) is 3.30. The lowest BCUT2D eigenvalue weighted by molar-refractivity contribution is 0.302. The van der Waals surface area contributed by atoms with Crippen LogP contribution < -0.4 is 10.1 Å². The molecule has 0 bridgehead atoms. The van der Waals surface area contributed by atoms with Gasteiger partial charge in [0.2, 0.25) is 0 Å². The molecule has 0 saturated carbocycles. The Bertz CT molecular complexity index is 669. The van der Waals surface area contributed by atoms with Gasteiger partial charge in [0.1, 0.15) is 11.3 Å². The van der Waals surface area contributed by atoms with E-state index in [-0.39, 0.29) is 11.0 Å². The number of benzene rings is 1. The molecular weight excluding hydrogens is 272 g/mol. The van der Waals surface area contributed by atoms with Gasteiger partial charge in [0.25, 0.3) is 0 Å². The molecule has 0 atom stereocenters. The molecule has 1 N–H and O–H groups in total. The molecule has 0 fully saturated rings. The molecule has 0 aliphatic rings. The lowest BCUT2D eigenvalue weighted by Crippen LogP contribution is -2.35. The lowest BCUT2D eigenvalue weighted by atomic mass is 9.81. The molecule has 0 aliphatic heterocycles. The normalized spacial score (nSPS) is 12.5. The van der Waals surface area contributed by atoms with Crippen LogP contribution in [-0.4, -0.2) is 17.6 Å². The number of nitrogens with one attached hydrogen (secondary N) is 1. The Hall–Kier alpha value is -1.77. The van der Waals surface area contributed by atoms with Crippen LogP contribution >= 0.6 is 0 Å². The van der Waals surface area contributed by atoms with Crippen molar-refractivity contribution >= 4 is 16.6 Å². The summed E-state index contributed by atoms with van der Waals surface area (Å²) in [7, 11) is 1.69. The Morgan fingerprint density at radius 2 is 1.82 bits per heavy atom. The van der Waals surface area contributed by atoms with Crippen LogP contribution in [0.2, 0.25) is 0 Å². The number of methoxy groups -OCH3 is 1. The zero-order valence-corrected chi connectivity index (χ0v) is 14.9. The smallest absolute Gasteiger partial charge is 0.145 e. The van der Waals surface area contributed by atoms with Crippen LogP contribution in [0.25, 0.3) is 10.9 Å². The Kier molecular flexibility index (Phi) is 4.37. The summed E-state index contributed by atoms with van der Waals surface area (Å²) < 4.78 is 5.46. The number of hydrogen-bond donors (Lipinski definition) is 1. The van der Waals surface area contributed by atoms with Gasteiger partial charge in [-0.2, -0.15) is 0 Å². The van der Waals surface area contributed by atoms with E-state index >= 15 is 0 Å². The first-order valence-electron chi connectivity index (χ1n) is 7.84. The van der Waals surface area contributed by atoms with Crippen molar-refractivity contribution in [2.24, 2.45) is 5.41 Å². The van der Waals surface area contributed by atoms with Crippen LogP contribution in [0.5, 0.6) is 5.75 Å². The van der Waals surface area contributed by atoms with Crippen molar-refractivity contribution in [1.29, 1.82) is 0 Å². The molecule has 2 rings (SSSR count). The minimum absolute atomic E-state index is 0.00203. The quantitative estimate of drug-likeness (QED) is 0.845. The third-order valence-electron chi connectivity index (χ3n) is 3.60. The van der Waals surface area contributed by atoms with E-state index in [4.69, 9.17) is 4.74 Å². The van der Waals surface area contributed by atoms with Gasteiger partial charge in [-0.05, 0) is 44.7 Å². The van der Waals surface area contributed by atoms with Gasteiger partial charge >= 0.3 is 0 Å². The van der Waals surface area contributed by atoms with Crippen molar-refractivity contribution in [3.63, 3.8) is 0 Å². The summed E-state index contributed by atoms with van der Waals surface area (Å²) in [5, 5.41) is 4.82. The highest BCUT2D eigenvalue weighted by molar-refractivity contribution is 5.95. The van der Waals surface area contributed by atoms with Crippen molar-refractivity contribution in [1.82, 2.24) is 4.98 Å². The van der Waals surface area contributed by atoms with Crippen LogP contribution in [0.4, 0.5) is 5.69 Å². The molecule has 1 aromatic carbocycles. The van der Waals surface area contributed by atoms with Gasteiger partial charge in [-0.1, -0.05) is 32.9 Å². The van der Waals surface area contributed by atoms with Crippen LogP contribution in [-0.2, 0) is 0 Å². The van der Waals surface area contributed by atoms with Crippen molar-refractivity contribution in [2.75, 3.05) is 12.4 Å². The second-order valence-electron chi connectivity index (χ2n) is 7.91. The molecule has 0 unspecified atom stereocenters.